The van der Waals surface area contributed by atoms with Gasteiger partial charge in [-0.1, -0.05) is 36.3 Å². The second kappa shape index (κ2) is 9.96. The van der Waals surface area contributed by atoms with E-state index in [-0.39, 0.29) is 11.5 Å². The van der Waals surface area contributed by atoms with Crippen LogP contribution in [0.15, 0.2) is 84.2 Å². The lowest BCUT2D eigenvalue weighted by Crippen LogP contribution is -2.32. The number of nitrogens with zero attached hydrogens (tertiary/aromatic N) is 7. The third-order valence-electron chi connectivity index (χ3n) is 6.65. The Balaban J connectivity index is 1.48. The number of hydrogen-bond donors (Lipinski definition) is 1. The highest BCUT2D eigenvalue weighted by Gasteiger charge is 2.23. The van der Waals surface area contributed by atoms with Crippen LogP contribution in [0.1, 0.15) is 46.0 Å². The van der Waals surface area contributed by atoms with E-state index in [1.807, 2.05) is 80.8 Å². The molecule has 1 N–H and O–H groups in total. The van der Waals surface area contributed by atoms with Crippen molar-refractivity contribution >= 4 is 22.2 Å². The zero-order chi connectivity index (χ0) is 27.8. The molecule has 0 saturated heterocycles. The second-order valence-corrected chi connectivity index (χ2v) is 9.38. The topological polar surface area (TPSA) is 112 Å². The van der Waals surface area contributed by atoms with Crippen molar-refractivity contribution in [2.24, 2.45) is 7.05 Å². The molecule has 40 heavy (non-hydrogen) atoms. The molecule has 4 aromatic heterocycles. The lowest BCUT2D eigenvalue weighted by atomic mass is 10.0. The lowest BCUT2D eigenvalue weighted by Gasteiger charge is -2.21. The molecule has 1 atom stereocenters. The number of amides is 1. The number of carbonyl (C=O) groups excluding carboxylic acids is 1. The summed E-state index contributed by atoms with van der Waals surface area (Å²) in [6, 6.07) is 18.1. The van der Waals surface area contributed by atoms with Crippen LogP contribution in [0.4, 0.5) is 0 Å². The van der Waals surface area contributed by atoms with Crippen LogP contribution in [0.3, 0.4) is 0 Å². The summed E-state index contributed by atoms with van der Waals surface area (Å²) in [5, 5.41) is 17.0. The molecule has 10 nitrogen and oxygen atoms in total. The summed E-state index contributed by atoms with van der Waals surface area (Å²) >= 11 is 0. The Kier molecular flexibility index (Phi) is 6.16. The van der Waals surface area contributed by atoms with E-state index < -0.39 is 6.04 Å². The smallest absolute Gasteiger partial charge is 0.264 e. The van der Waals surface area contributed by atoms with Gasteiger partial charge in [-0.3, -0.25) is 18.8 Å². The molecule has 6 rings (SSSR count). The molecular formula is C30H24N8O2. The highest BCUT2D eigenvalue weighted by molar-refractivity contribution is 6.02. The summed E-state index contributed by atoms with van der Waals surface area (Å²) in [6.07, 6.45) is 4.74. The van der Waals surface area contributed by atoms with Crippen molar-refractivity contribution in [2.45, 2.75) is 19.9 Å². The van der Waals surface area contributed by atoms with E-state index in [1.54, 1.807) is 22.4 Å². The highest BCUT2D eigenvalue weighted by atomic mass is 16.2. The van der Waals surface area contributed by atoms with Gasteiger partial charge in [-0.2, -0.15) is 10.2 Å². The molecule has 0 fully saturated rings. The van der Waals surface area contributed by atoms with Crippen molar-refractivity contribution in [3.63, 3.8) is 0 Å². The van der Waals surface area contributed by atoms with Crippen molar-refractivity contribution in [3.8, 4) is 17.5 Å². The van der Waals surface area contributed by atoms with Gasteiger partial charge in [-0.05, 0) is 55.5 Å². The molecule has 0 aliphatic rings. The maximum absolute atomic E-state index is 14.2. The van der Waals surface area contributed by atoms with Gasteiger partial charge in [0.2, 0.25) is 0 Å². The predicted molar refractivity (Wildman–Crippen MR) is 150 cm³/mol. The first kappa shape index (κ1) is 24.8. The van der Waals surface area contributed by atoms with E-state index in [4.69, 9.17) is 0 Å². The summed E-state index contributed by atoms with van der Waals surface area (Å²) in [5.74, 6) is 5.85. The number of aromatic nitrogens is 7. The largest absolute Gasteiger partial charge is 0.344 e. The number of rotatable bonds is 4. The van der Waals surface area contributed by atoms with E-state index in [2.05, 4.69) is 37.4 Å². The molecule has 4 heterocycles. The Morgan fingerprint density at radius 3 is 2.62 bits per heavy atom. The Morgan fingerprint density at radius 1 is 1.02 bits per heavy atom. The Morgan fingerprint density at radius 2 is 1.85 bits per heavy atom. The first-order valence-electron chi connectivity index (χ1n) is 12.6. The summed E-state index contributed by atoms with van der Waals surface area (Å²) in [4.78, 5) is 31.7. The molecule has 1 amide bonds. The van der Waals surface area contributed by atoms with Gasteiger partial charge >= 0.3 is 0 Å². The van der Waals surface area contributed by atoms with E-state index >= 15 is 0 Å². The van der Waals surface area contributed by atoms with Gasteiger partial charge in [0.25, 0.3) is 11.5 Å². The molecule has 2 aromatic carbocycles. The van der Waals surface area contributed by atoms with E-state index in [1.165, 1.54) is 11.0 Å². The minimum Gasteiger partial charge on any atom is -0.344 e. The standard InChI is InChI=1S/C30H24N8O2/c1-19(33-29(39)27-20(2)34-38-26(27)17-31-18-32-38)25-16-22-9-7-8-21(12-13-23-14-15-36(3)35-23)28(22)30(40)37(25)24-10-5-4-6-11-24/h4-11,14-19H,1-3H3,(H,33,39)/t19-/m0/s1. The number of benzene rings is 2. The van der Waals surface area contributed by atoms with Crippen LogP contribution >= 0.6 is 0 Å². The van der Waals surface area contributed by atoms with Gasteiger partial charge in [0.05, 0.1) is 28.9 Å². The van der Waals surface area contributed by atoms with Crippen molar-refractivity contribution in [1.82, 2.24) is 39.5 Å². The van der Waals surface area contributed by atoms with E-state index in [0.717, 1.165) is 5.39 Å². The van der Waals surface area contributed by atoms with Crippen LogP contribution in [0.5, 0.6) is 0 Å². The van der Waals surface area contributed by atoms with Gasteiger partial charge in [0.15, 0.2) is 0 Å². The molecule has 196 valence electrons. The average molecular weight is 529 g/mol. The molecule has 0 aliphatic heterocycles. The molecule has 0 saturated carbocycles. The quantitative estimate of drug-likeness (QED) is 0.351. The van der Waals surface area contributed by atoms with Crippen LogP contribution in [-0.4, -0.2) is 40.1 Å². The van der Waals surface area contributed by atoms with E-state index in [0.29, 0.717) is 44.8 Å². The van der Waals surface area contributed by atoms with Crippen LogP contribution in [-0.2, 0) is 7.05 Å². The maximum Gasteiger partial charge on any atom is 0.264 e. The first-order chi connectivity index (χ1) is 19.4. The molecule has 10 heteroatoms. The fraction of sp³-hybridized carbons (Fsp3) is 0.133. The van der Waals surface area contributed by atoms with Crippen LogP contribution in [0.25, 0.3) is 22.0 Å². The average Bonchev–Trinajstić information content (AvgIpc) is 3.53. The summed E-state index contributed by atoms with van der Waals surface area (Å²) < 4.78 is 4.69. The number of fused-ring (bicyclic) bond motifs is 2. The number of aryl methyl sites for hydroxylation is 2. The van der Waals surface area contributed by atoms with Crippen molar-refractivity contribution < 1.29 is 4.79 Å². The van der Waals surface area contributed by atoms with Gasteiger partial charge in [0.1, 0.15) is 17.5 Å². The molecule has 0 aliphatic carbocycles. The molecule has 0 spiro atoms. The Labute approximate surface area is 228 Å². The fourth-order valence-electron chi connectivity index (χ4n) is 4.80. The second-order valence-electron chi connectivity index (χ2n) is 9.38. The molecule has 0 unspecified atom stereocenters. The first-order valence-corrected chi connectivity index (χ1v) is 12.6. The number of para-hydroxylation sites is 1. The van der Waals surface area contributed by atoms with Crippen LogP contribution < -0.4 is 10.9 Å². The SMILES string of the molecule is Cc1nn2ncncc2c1C(=O)N[C@@H](C)c1cc2cccc(C#Cc3ccn(C)n3)c2c(=O)n1-c1ccccc1. The van der Waals surface area contributed by atoms with Gasteiger partial charge in [-0.25, -0.2) is 4.98 Å². The van der Waals surface area contributed by atoms with Crippen LogP contribution in [0.2, 0.25) is 0 Å². The maximum atomic E-state index is 14.2. The molecule has 6 aromatic rings. The molecular weight excluding hydrogens is 504 g/mol. The zero-order valence-electron chi connectivity index (χ0n) is 22.0. The fourth-order valence-corrected chi connectivity index (χ4v) is 4.80. The monoisotopic (exact) mass is 528 g/mol. The minimum absolute atomic E-state index is 0.230. The number of carbonyl (C=O) groups is 1. The van der Waals surface area contributed by atoms with Gasteiger partial charge in [0, 0.05) is 30.2 Å². The summed E-state index contributed by atoms with van der Waals surface area (Å²) in [7, 11) is 1.83. The Hall–Kier alpha value is -5.56. The van der Waals surface area contributed by atoms with Gasteiger partial charge in [-0.15, -0.1) is 9.73 Å². The van der Waals surface area contributed by atoms with Crippen LogP contribution in [0, 0.1) is 18.8 Å². The third kappa shape index (κ3) is 4.39. The highest BCUT2D eigenvalue weighted by Crippen LogP contribution is 2.24. The predicted octanol–water partition coefficient (Wildman–Crippen LogP) is 3.36. The third-order valence-corrected chi connectivity index (χ3v) is 6.65. The number of pyridine rings is 1. The summed E-state index contributed by atoms with van der Waals surface area (Å²) in [6.45, 7) is 3.60. The Bertz CT molecular complexity index is 2030. The molecule has 0 bridgehead atoms. The van der Waals surface area contributed by atoms with Crippen molar-refractivity contribution in [3.05, 3.63) is 118 Å². The lowest BCUT2D eigenvalue weighted by molar-refractivity contribution is 0.0939. The van der Waals surface area contributed by atoms with Gasteiger partial charge < -0.3 is 5.32 Å². The summed E-state index contributed by atoms with van der Waals surface area (Å²) in [5.41, 5.74) is 3.70. The number of hydrogen-bond acceptors (Lipinski definition) is 6. The minimum atomic E-state index is -0.535. The van der Waals surface area contributed by atoms with Crippen molar-refractivity contribution in [1.29, 1.82) is 0 Å². The van der Waals surface area contributed by atoms with E-state index in [9.17, 15) is 9.59 Å². The number of nitrogens with one attached hydrogen (secondary N) is 1. The van der Waals surface area contributed by atoms with Crippen molar-refractivity contribution in [2.75, 3.05) is 0 Å². The molecule has 0 radical (unpaired) electrons. The normalized spacial score (nSPS) is 11.8. The zero-order valence-corrected chi connectivity index (χ0v) is 22.0.